The van der Waals surface area contributed by atoms with Gasteiger partial charge in [0.25, 0.3) is 30.4 Å². The molecule has 0 bridgehead atoms. The number of anilines is 1. The van der Waals surface area contributed by atoms with Gasteiger partial charge in [-0.05, 0) is 18.6 Å². The maximum atomic E-state index is 11.8. The third-order valence-corrected chi connectivity index (χ3v) is 7.45. The fourth-order valence-corrected chi connectivity index (χ4v) is 5.51. The predicted molar refractivity (Wildman–Crippen MR) is 108 cm³/mol. The highest BCUT2D eigenvalue weighted by Crippen LogP contribution is 2.40. The molecule has 0 atom stereocenters. The Kier molecular flexibility index (Phi) is 5.69. The number of thiazole rings is 1. The van der Waals surface area contributed by atoms with Crippen LogP contribution in [0, 0.1) is 0 Å². The smallest absolute Gasteiger partial charge is 0.296 e. The first kappa shape index (κ1) is 22.6. The van der Waals surface area contributed by atoms with E-state index in [0.29, 0.717) is 0 Å². The van der Waals surface area contributed by atoms with Gasteiger partial charge in [-0.2, -0.15) is 25.3 Å². The van der Waals surface area contributed by atoms with Crippen LogP contribution >= 0.6 is 11.3 Å². The standard InChI is InChI=1S/C14H14N2O10S4/c15-14-16-12-9-4-7(29(20,21)22)5-10(26-2-1-3-28(17,18)19)8(9)6-11(13(12)27-14)30(23,24)25/h4-6H,1-3H2,(H2,15,16)(H,17,18,19)(H,20,21,22)(H,23,24,25). The lowest BCUT2D eigenvalue weighted by atomic mass is 10.1. The van der Waals surface area contributed by atoms with Crippen LogP contribution in [0.15, 0.2) is 28.0 Å². The summed E-state index contributed by atoms with van der Waals surface area (Å²) in [4.78, 5) is 2.85. The van der Waals surface area contributed by atoms with Crippen molar-refractivity contribution in [1.29, 1.82) is 0 Å². The largest absolute Gasteiger partial charge is 0.493 e. The maximum Gasteiger partial charge on any atom is 0.296 e. The normalized spacial score (nSPS) is 13.2. The lowest BCUT2D eigenvalue weighted by Crippen LogP contribution is -2.09. The molecule has 0 amide bonds. The van der Waals surface area contributed by atoms with Crippen LogP contribution in [0.5, 0.6) is 5.75 Å². The summed E-state index contributed by atoms with van der Waals surface area (Å²) >= 11 is 0.744. The Morgan fingerprint density at radius 1 is 0.967 bits per heavy atom. The molecular weight excluding hydrogens is 484 g/mol. The molecule has 0 aliphatic carbocycles. The van der Waals surface area contributed by atoms with Crippen molar-refractivity contribution in [2.24, 2.45) is 0 Å². The van der Waals surface area contributed by atoms with E-state index in [1.807, 2.05) is 0 Å². The lowest BCUT2D eigenvalue weighted by Gasteiger charge is -2.12. The van der Waals surface area contributed by atoms with E-state index in [9.17, 15) is 34.4 Å². The van der Waals surface area contributed by atoms with Crippen molar-refractivity contribution in [2.45, 2.75) is 16.2 Å². The molecule has 1 aromatic heterocycles. The molecule has 0 saturated heterocycles. The molecule has 0 unspecified atom stereocenters. The minimum atomic E-state index is -4.73. The Bertz CT molecular complexity index is 1470. The van der Waals surface area contributed by atoms with Crippen LogP contribution in [0.4, 0.5) is 5.13 Å². The molecule has 164 valence electrons. The van der Waals surface area contributed by atoms with E-state index in [0.717, 1.165) is 29.5 Å². The van der Waals surface area contributed by atoms with Gasteiger partial charge in [0.2, 0.25) is 0 Å². The third-order valence-electron chi connectivity index (χ3n) is 3.89. The Hall–Kier alpha value is -2.08. The first-order chi connectivity index (χ1) is 13.7. The molecule has 0 fully saturated rings. The van der Waals surface area contributed by atoms with Gasteiger partial charge in [-0.15, -0.1) is 0 Å². The van der Waals surface area contributed by atoms with Gasteiger partial charge in [0, 0.05) is 16.8 Å². The van der Waals surface area contributed by atoms with Gasteiger partial charge in [0.1, 0.15) is 10.6 Å². The minimum absolute atomic E-state index is 0.0136. The van der Waals surface area contributed by atoms with Crippen LogP contribution in [0.3, 0.4) is 0 Å². The monoisotopic (exact) mass is 498 g/mol. The van der Waals surface area contributed by atoms with Gasteiger partial charge in [0.05, 0.1) is 27.5 Å². The van der Waals surface area contributed by atoms with Crippen molar-refractivity contribution in [3.05, 3.63) is 18.2 Å². The molecule has 5 N–H and O–H groups in total. The molecule has 2 aromatic carbocycles. The zero-order valence-electron chi connectivity index (χ0n) is 14.7. The second-order valence-corrected chi connectivity index (χ2v) is 11.5. The Balaban J connectivity index is 2.28. The zero-order chi connectivity index (χ0) is 22.5. The van der Waals surface area contributed by atoms with Crippen LogP contribution in [0.25, 0.3) is 21.0 Å². The second-order valence-electron chi connectivity index (χ2n) is 6.06. The number of rotatable bonds is 7. The summed E-state index contributed by atoms with van der Waals surface area (Å²) in [6.45, 7) is -0.303. The summed E-state index contributed by atoms with van der Waals surface area (Å²) in [6, 6.07) is 2.96. The van der Waals surface area contributed by atoms with E-state index >= 15 is 0 Å². The van der Waals surface area contributed by atoms with Gasteiger partial charge < -0.3 is 10.5 Å². The van der Waals surface area contributed by atoms with Crippen LogP contribution in [-0.4, -0.2) is 56.3 Å². The molecule has 30 heavy (non-hydrogen) atoms. The number of fused-ring (bicyclic) bond motifs is 3. The number of nitrogen functional groups attached to an aromatic ring is 1. The molecule has 1 heterocycles. The van der Waals surface area contributed by atoms with Crippen molar-refractivity contribution in [3.8, 4) is 5.75 Å². The summed E-state index contributed by atoms with van der Waals surface area (Å²) < 4.78 is 102. The molecule has 0 aliphatic heterocycles. The van der Waals surface area contributed by atoms with E-state index in [2.05, 4.69) is 4.98 Å². The number of nitrogens with two attached hydrogens (primary N) is 1. The van der Waals surface area contributed by atoms with Crippen LogP contribution in [0.1, 0.15) is 6.42 Å². The van der Waals surface area contributed by atoms with Crippen molar-refractivity contribution >= 4 is 67.8 Å². The summed E-state index contributed by atoms with van der Waals surface area (Å²) in [6.07, 6.45) is -0.173. The second kappa shape index (κ2) is 7.56. The zero-order valence-corrected chi connectivity index (χ0v) is 18.0. The summed E-state index contributed by atoms with van der Waals surface area (Å²) in [5.74, 6) is -0.861. The highest BCUT2D eigenvalue weighted by Gasteiger charge is 2.24. The molecule has 3 rings (SSSR count). The van der Waals surface area contributed by atoms with Crippen molar-refractivity contribution < 1.29 is 43.6 Å². The van der Waals surface area contributed by atoms with E-state index in [-0.39, 0.29) is 44.9 Å². The van der Waals surface area contributed by atoms with Crippen LogP contribution < -0.4 is 10.5 Å². The fraction of sp³-hybridized carbons (Fsp3) is 0.214. The van der Waals surface area contributed by atoms with E-state index < -0.39 is 45.9 Å². The topological polar surface area (TPSA) is 211 Å². The molecule has 3 aromatic rings. The first-order valence-electron chi connectivity index (χ1n) is 7.86. The number of benzene rings is 2. The van der Waals surface area contributed by atoms with E-state index in [4.69, 9.17) is 15.0 Å². The average Bonchev–Trinajstić information content (AvgIpc) is 2.96. The molecule has 0 radical (unpaired) electrons. The maximum absolute atomic E-state index is 11.8. The lowest BCUT2D eigenvalue weighted by molar-refractivity contribution is 0.319. The van der Waals surface area contributed by atoms with Crippen LogP contribution in [-0.2, 0) is 30.4 Å². The summed E-state index contributed by atoms with van der Waals surface area (Å²) in [7, 11) is -13.7. The first-order valence-corrected chi connectivity index (χ1v) is 13.2. The summed E-state index contributed by atoms with van der Waals surface area (Å²) in [5, 5.41) is 0.0141. The highest BCUT2D eigenvalue weighted by molar-refractivity contribution is 7.86. The number of hydrogen-bond donors (Lipinski definition) is 4. The average molecular weight is 499 g/mol. The number of aromatic nitrogens is 1. The molecule has 0 aliphatic rings. The highest BCUT2D eigenvalue weighted by atomic mass is 32.2. The fourth-order valence-electron chi connectivity index (χ4n) is 2.71. The Morgan fingerprint density at radius 3 is 2.20 bits per heavy atom. The van der Waals surface area contributed by atoms with Gasteiger partial charge in [-0.3, -0.25) is 13.7 Å². The van der Waals surface area contributed by atoms with Crippen molar-refractivity contribution in [1.82, 2.24) is 4.98 Å². The Labute approximate surface area is 174 Å². The van der Waals surface area contributed by atoms with Gasteiger partial charge in [0.15, 0.2) is 5.13 Å². The van der Waals surface area contributed by atoms with Crippen molar-refractivity contribution in [3.63, 3.8) is 0 Å². The third kappa shape index (κ3) is 4.80. The number of nitrogens with zero attached hydrogens (tertiary/aromatic N) is 1. The minimum Gasteiger partial charge on any atom is -0.493 e. The van der Waals surface area contributed by atoms with Gasteiger partial charge >= 0.3 is 0 Å². The number of ether oxygens (including phenoxy) is 1. The summed E-state index contributed by atoms with van der Waals surface area (Å²) in [5.41, 5.74) is 5.60. The van der Waals surface area contributed by atoms with Gasteiger partial charge in [-0.25, -0.2) is 4.98 Å². The molecule has 0 saturated carbocycles. The van der Waals surface area contributed by atoms with E-state index in [1.165, 1.54) is 0 Å². The Morgan fingerprint density at radius 2 is 1.63 bits per heavy atom. The molecule has 16 heteroatoms. The van der Waals surface area contributed by atoms with Crippen molar-refractivity contribution in [2.75, 3.05) is 18.1 Å². The van der Waals surface area contributed by atoms with Crippen LogP contribution in [0.2, 0.25) is 0 Å². The predicted octanol–water partition coefficient (Wildman–Crippen LogP) is 1.18. The SMILES string of the molecule is Nc1nc2c(s1)c(S(=O)(=O)O)cc1c(OCCCS(=O)(=O)O)cc(S(=O)(=O)O)cc12. The van der Waals surface area contributed by atoms with Gasteiger partial charge in [-0.1, -0.05) is 11.3 Å². The van der Waals surface area contributed by atoms with E-state index in [1.54, 1.807) is 0 Å². The number of hydrogen-bond acceptors (Lipinski definition) is 10. The quantitative estimate of drug-likeness (QED) is 0.267. The molecule has 12 nitrogen and oxygen atoms in total. The molecular formula is C14H14N2O10S4. The molecule has 0 spiro atoms.